The molecular weight excluding hydrogens is 342 g/mol. The van der Waals surface area contributed by atoms with Gasteiger partial charge in [0.1, 0.15) is 0 Å². The predicted octanol–water partition coefficient (Wildman–Crippen LogP) is 2.96. The first-order valence-corrected chi connectivity index (χ1v) is 10.6. The molecule has 2 heterocycles. The van der Waals surface area contributed by atoms with Crippen LogP contribution in [0, 0.1) is 0 Å². The number of nitrogens with zero attached hydrogens (tertiary/aromatic N) is 1. The molecule has 0 spiro atoms. The van der Waals surface area contributed by atoms with Gasteiger partial charge in [0.2, 0.25) is 0 Å². The highest BCUT2D eigenvalue weighted by Gasteiger charge is 2.42. The molecule has 0 bridgehead atoms. The molecular formula is C14H13NO4S3. The lowest BCUT2D eigenvalue weighted by molar-refractivity contribution is 0.597. The summed E-state index contributed by atoms with van der Waals surface area (Å²) in [6.07, 6.45) is 0.921. The Kier molecular flexibility index (Phi) is 3.42. The highest BCUT2D eigenvalue weighted by atomic mass is 32.3. The Morgan fingerprint density at radius 2 is 1.73 bits per heavy atom. The van der Waals surface area contributed by atoms with E-state index in [1.54, 1.807) is 41.1 Å². The van der Waals surface area contributed by atoms with Crippen LogP contribution in [0.5, 0.6) is 0 Å². The molecule has 0 N–H and O–H groups in total. The smallest absolute Gasteiger partial charge is 0.232 e. The Labute approximate surface area is 133 Å². The third-order valence-electron chi connectivity index (χ3n) is 3.37. The molecule has 1 aliphatic rings. The zero-order chi connectivity index (χ0) is 16.1. The topological polar surface area (TPSA) is 71.5 Å². The van der Waals surface area contributed by atoms with Crippen molar-refractivity contribution in [3.63, 3.8) is 0 Å². The number of hydrogen-bond donors (Lipinski definition) is 0. The van der Waals surface area contributed by atoms with E-state index in [1.807, 2.05) is 0 Å². The van der Waals surface area contributed by atoms with Crippen LogP contribution in [0.25, 0.3) is 5.57 Å². The average Bonchev–Trinajstić information content (AvgIpc) is 2.86. The number of allylic oxidation sites excluding steroid dienone is 1. The van der Waals surface area contributed by atoms with Gasteiger partial charge < -0.3 is 0 Å². The number of rotatable bonds is 2. The maximum atomic E-state index is 12.9. The van der Waals surface area contributed by atoms with Gasteiger partial charge in [-0.2, -0.15) is 8.42 Å². The molecule has 0 unspecified atom stereocenters. The second kappa shape index (κ2) is 4.94. The van der Waals surface area contributed by atoms with E-state index < -0.39 is 24.1 Å². The molecule has 0 aliphatic carbocycles. The van der Waals surface area contributed by atoms with Crippen LogP contribution in [0.4, 0.5) is 11.4 Å². The zero-order valence-corrected chi connectivity index (χ0v) is 14.3. The van der Waals surface area contributed by atoms with Gasteiger partial charge in [-0.25, -0.2) is 12.7 Å². The molecule has 0 amide bonds. The molecule has 5 nitrogen and oxygen atoms in total. The van der Waals surface area contributed by atoms with Crippen molar-refractivity contribution < 1.29 is 16.8 Å². The number of benzene rings is 1. The van der Waals surface area contributed by atoms with Gasteiger partial charge in [0.15, 0.2) is 14.1 Å². The van der Waals surface area contributed by atoms with Gasteiger partial charge in [-0.05, 0) is 24.6 Å². The van der Waals surface area contributed by atoms with Gasteiger partial charge >= 0.3 is 0 Å². The molecule has 0 radical (unpaired) electrons. The van der Waals surface area contributed by atoms with Gasteiger partial charge in [0, 0.05) is 22.6 Å². The number of sulfonamides is 1. The first kappa shape index (κ1) is 15.3. The lowest BCUT2D eigenvalue weighted by atomic mass is 10.1. The maximum absolute atomic E-state index is 12.9. The van der Waals surface area contributed by atoms with E-state index >= 15 is 0 Å². The van der Waals surface area contributed by atoms with Gasteiger partial charge in [-0.1, -0.05) is 18.2 Å². The molecule has 8 heteroatoms. The minimum Gasteiger partial charge on any atom is -0.232 e. The lowest BCUT2D eigenvalue weighted by Gasteiger charge is -2.30. The number of hydrogen-bond acceptors (Lipinski definition) is 5. The summed E-state index contributed by atoms with van der Waals surface area (Å²) in [6, 6.07) is 8.47. The van der Waals surface area contributed by atoms with E-state index in [1.165, 1.54) is 18.3 Å². The highest BCUT2D eigenvalue weighted by Crippen LogP contribution is 2.46. The van der Waals surface area contributed by atoms with Crippen LogP contribution in [-0.2, 0) is 19.9 Å². The summed E-state index contributed by atoms with van der Waals surface area (Å²) in [7, 11) is -8.07. The Hall–Kier alpha value is -1.64. The molecule has 0 fully saturated rings. The maximum Gasteiger partial charge on any atom is 0.280 e. The van der Waals surface area contributed by atoms with E-state index in [0.717, 1.165) is 10.6 Å². The van der Waals surface area contributed by atoms with Crippen LogP contribution >= 0.6 is 11.3 Å². The molecule has 1 aliphatic heterocycles. The van der Waals surface area contributed by atoms with Crippen molar-refractivity contribution in [2.45, 2.75) is 6.92 Å². The van der Waals surface area contributed by atoms with Gasteiger partial charge in [-0.3, -0.25) is 0 Å². The SMILES string of the molecule is CC1=C(S(C)(=O)=O)S(=O)(=O)N(c2ccccc2)c2cscc21. The fraction of sp³-hybridized carbons (Fsp3) is 0.143. The Bertz CT molecular complexity index is 970. The number of anilines is 2. The number of thiophene rings is 1. The standard InChI is InChI=1S/C14H13NO4S3/c1-10-12-8-20-9-13(12)15(11-6-4-3-5-7-11)22(18,19)14(10)21(2,16)17/h3-9H,1-2H3. The summed E-state index contributed by atoms with van der Waals surface area (Å²) in [4.78, 5) is 0. The third-order valence-corrected chi connectivity index (χ3v) is 8.29. The number of fused-ring (bicyclic) bond motifs is 1. The van der Waals surface area contributed by atoms with Gasteiger partial charge in [0.25, 0.3) is 10.0 Å². The van der Waals surface area contributed by atoms with Crippen molar-refractivity contribution >= 4 is 48.1 Å². The largest absolute Gasteiger partial charge is 0.280 e. The van der Waals surface area contributed by atoms with Crippen LogP contribution in [0.15, 0.2) is 45.3 Å². The van der Waals surface area contributed by atoms with Crippen LogP contribution in [0.1, 0.15) is 12.5 Å². The van der Waals surface area contributed by atoms with Gasteiger partial charge in [-0.15, -0.1) is 11.3 Å². The summed E-state index contributed by atoms with van der Waals surface area (Å²) in [5, 5.41) is 3.48. The molecule has 116 valence electrons. The minimum absolute atomic E-state index is 0.269. The first-order chi connectivity index (χ1) is 10.2. The number of sulfone groups is 1. The van der Waals surface area contributed by atoms with Crippen LogP contribution in [0.2, 0.25) is 0 Å². The summed E-state index contributed by atoms with van der Waals surface area (Å²) < 4.78 is 50.5. The molecule has 3 rings (SSSR count). The summed E-state index contributed by atoms with van der Waals surface area (Å²) in [5.74, 6) is 0. The second-order valence-electron chi connectivity index (χ2n) is 4.96. The summed E-state index contributed by atoms with van der Waals surface area (Å²) in [5.41, 5.74) is 1.80. The Morgan fingerprint density at radius 1 is 1.09 bits per heavy atom. The Balaban J connectivity index is 2.41. The lowest BCUT2D eigenvalue weighted by Crippen LogP contribution is -2.33. The third kappa shape index (κ3) is 2.18. The molecule has 2 aromatic rings. The summed E-state index contributed by atoms with van der Waals surface area (Å²) in [6.45, 7) is 1.53. The fourth-order valence-corrected chi connectivity index (χ4v) is 7.38. The number of para-hydroxylation sites is 1. The van der Waals surface area contributed by atoms with Crippen molar-refractivity contribution in [2.75, 3.05) is 10.6 Å². The van der Waals surface area contributed by atoms with Crippen molar-refractivity contribution in [3.05, 3.63) is 50.9 Å². The van der Waals surface area contributed by atoms with Crippen molar-refractivity contribution in [1.29, 1.82) is 0 Å². The van der Waals surface area contributed by atoms with Crippen LogP contribution in [-0.4, -0.2) is 23.1 Å². The monoisotopic (exact) mass is 355 g/mol. The zero-order valence-electron chi connectivity index (χ0n) is 11.8. The van der Waals surface area contributed by atoms with E-state index in [2.05, 4.69) is 0 Å². The van der Waals surface area contributed by atoms with Crippen molar-refractivity contribution in [2.24, 2.45) is 0 Å². The van der Waals surface area contributed by atoms with Crippen molar-refractivity contribution in [1.82, 2.24) is 0 Å². The second-order valence-corrected chi connectivity index (χ2v) is 9.64. The van der Waals surface area contributed by atoms with E-state index in [4.69, 9.17) is 0 Å². The Morgan fingerprint density at radius 3 is 2.32 bits per heavy atom. The van der Waals surface area contributed by atoms with E-state index in [-0.39, 0.29) is 5.57 Å². The highest BCUT2D eigenvalue weighted by molar-refractivity contribution is 8.15. The first-order valence-electron chi connectivity index (χ1n) is 6.32. The quantitative estimate of drug-likeness (QED) is 0.830. The normalized spacial score (nSPS) is 17.5. The van der Waals surface area contributed by atoms with Crippen LogP contribution in [0.3, 0.4) is 0 Å². The van der Waals surface area contributed by atoms with Crippen molar-refractivity contribution in [3.8, 4) is 0 Å². The minimum atomic E-state index is -4.18. The van der Waals surface area contributed by atoms with E-state index in [9.17, 15) is 16.8 Å². The summed E-state index contributed by atoms with van der Waals surface area (Å²) >= 11 is 1.34. The molecule has 0 atom stereocenters. The predicted molar refractivity (Wildman–Crippen MR) is 89.3 cm³/mol. The molecule has 22 heavy (non-hydrogen) atoms. The average molecular weight is 355 g/mol. The molecule has 0 saturated heterocycles. The molecule has 1 aromatic carbocycles. The van der Waals surface area contributed by atoms with Crippen LogP contribution < -0.4 is 4.31 Å². The van der Waals surface area contributed by atoms with E-state index in [0.29, 0.717) is 16.9 Å². The molecule has 1 aromatic heterocycles. The molecule has 0 saturated carbocycles. The van der Waals surface area contributed by atoms with Gasteiger partial charge in [0.05, 0.1) is 11.4 Å². The fourth-order valence-electron chi connectivity index (χ4n) is 2.55.